The molecule has 5 nitrogen and oxygen atoms in total. The number of carbonyl (C=O) groups is 1. The van der Waals surface area contributed by atoms with E-state index in [0.29, 0.717) is 19.5 Å². The van der Waals surface area contributed by atoms with E-state index in [0.717, 1.165) is 28.9 Å². The highest BCUT2D eigenvalue weighted by molar-refractivity contribution is 7.19. The highest BCUT2D eigenvalue weighted by Crippen LogP contribution is 2.40. The minimum atomic E-state index is 0.0851. The van der Waals surface area contributed by atoms with Gasteiger partial charge in [0, 0.05) is 30.0 Å². The highest BCUT2D eigenvalue weighted by atomic mass is 32.1. The molecule has 0 aliphatic heterocycles. The third-order valence-electron chi connectivity index (χ3n) is 5.18. The van der Waals surface area contributed by atoms with Crippen molar-refractivity contribution in [2.45, 2.75) is 26.2 Å². The number of nitrogens with one attached hydrogen (secondary N) is 2. The maximum Gasteiger partial charge on any atom is 0.220 e. The summed E-state index contributed by atoms with van der Waals surface area (Å²) in [6, 6.07) is 20.5. The molecular weight excluding hydrogens is 404 g/mol. The molecule has 2 N–H and O–H groups in total. The van der Waals surface area contributed by atoms with Crippen molar-refractivity contribution in [2.24, 2.45) is 0 Å². The fourth-order valence-electron chi connectivity index (χ4n) is 3.67. The molecule has 0 aliphatic rings. The molecule has 0 fully saturated rings. The smallest absolute Gasteiger partial charge is 0.220 e. The summed E-state index contributed by atoms with van der Waals surface area (Å²) in [6.07, 6.45) is 3.69. The van der Waals surface area contributed by atoms with Crippen LogP contribution in [-0.4, -0.2) is 29.0 Å². The number of hydrogen-bond acceptors (Lipinski definition) is 5. The van der Waals surface area contributed by atoms with E-state index < -0.39 is 0 Å². The second kappa shape index (κ2) is 10.2. The van der Waals surface area contributed by atoms with E-state index in [4.69, 9.17) is 0 Å². The lowest BCUT2D eigenvalue weighted by Gasteiger charge is -2.09. The second-order valence-corrected chi connectivity index (χ2v) is 8.62. The Balaban J connectivity index is 1.33. The molecule has 2 aromatic heterocycles. The van der Waals surface area contributed by atoms with E-state index in [1.54, 1.807) is 17.7 Å². The van der Waals surface area contributed by atoms with Gasteiger partial charge in [-0.1, -0.05) is 60.7 Å². The van der Waals surface area contributed by atoms with Crippen LogP contribution in [0, 0.1) is 6.92 Å². The monoisotopic (exact) mass is 430 g/mol. The number of nitrogens with zero attached hydrogens (tertiary/aromatic N) is 2. The Morgan fingerprint density at radius 3 is 2.48 bits per heavy atom. The summed E-state index contributed by atoms with van der Waals surface area (Å²) < 4.78 is 0. The van der Waals surface area contributed by atoms with Crippen molar-refractivity contribution in [2.75, 3.05) is 18.4 Å². The van der Waals surface area contributed by atoms with E-state index in [9.17, 15) is 4.79 Å². The van der Waals surface area contributed by atoms with Gasteiger partial charge in [0.05, 0.1) is 5.39 Å². The van der Waals surface area contributed by atoms with Crippen molar-refractivity contribution in [3.8, 4) is 11.1 Å². The van der Waals surface area contributed by atoms with Crippen LogP contribution in [0.5, 0.6) is 0 Å². The first-order valence-electron chi connectivity index (χ1n) is 10.6. The first kappa shape index (κ1) is 21.0. The molecule has 4 rings (SSSR count). The minimum Gasteiger partial charge on any atom is -0.369 e. The van der Waals surface area contributed by atoms with E-state index in [2.05, 4.69) is 51.8 Å². The average Bonchev–Trinajstić information content (AvgIpc) is 3.14. The van der Waals surface area contributed by atoms with Gasteiger partial charge in [0.2, 0.25) is 5.91 Å². The normalized spacial score (nSPS) is 10.9. The Labute approximate surface area is 186 Å². The topological polar surface area (TPSA) is 66.9 Å². The van der Waals surface area contributed by atoms with Crippen LogP contribution < -0.4 is 10.6 Å². The summed E-state index contributed by atoms with van der Waals surface area (Å²) in [4.78, 5) is 23.3. The Kier molecular flexibility index (Phi) is 6.89. The van der Waals surface area contributed by atoms with Gasteiger partial charge in [-0.3, -0.25) is 4.79 Å². The molecule has 0 unspecified atom stereocenters. The Morgan fingerprint density at radius 1 is 0.968 bits per heavy atom. The van der Waals surface area contributed by atoms with Gasteiger partial charge < -0.3 is 10.6 Å². The largest absolute Gasteiger partial charge is 0.369 e. The standard InChI is InChI=1S/C25H26N4OS/c1-18-22(20-11-6-3-7-12-20)23-24(28-17-29-25(23)31-18)27-15-8-13-21(30)26-16-14-19-9-4-2-5-10-19/h2-7,9-12,17H,8,13-16H2,1H3,(H,26,30)(H,27,28,29). The zero-order valence-electron chi connectivity index (χ0n) is 17.6. The third kappa shape index (κ3) is 5.27. The summed E-state index contributed by atoms with van der Waals surface area (Å²) in [5.41, 5.74) is 3.58. The number of benzene rings is 2. The number of aromatic nitrogens is 2. The van der Waals surface area contributed by atoms with Crippen LogP contribution in [0.3, 0.4) is 0 Å². The molecule has 0 radical (unpaired) electrons. The zero-order chi connectivity index (χ0) is 21.5. The molecule has 31 heavy (non-hydrogen) atoms. The van der Waals surface area contributed by atoms with Gasteiger partial charge in [-0.2, -0.15) is 0 Å². The van der Waals surface area contributed by atoms with Crippen LogP contribution in [0.4, 0.5) is 5.82 Å². The molecular formula is C25H26N4OS. The van der Waals surface area contributed by atoms with Crippen molar-refractivity contribution < 1.29 is 4.79 Å². The summed E-state index contributed by atoms with van der Waals surface area (Å²) in [5, 5.41) is 7.49. The predicted molar refractivity (Wildman–Crippen MR) is 128 cm³/mol. The number of fused-ring (bicyclic) bond motifs is 1. The third-order valence-corrected chi connectivity index (χ3v) is 6.19. The summed E-state index contributed by atoms with van der Waals surface area (Å²) in [6.45, 7) is 3.47. The van der Waals surface area contributed by atoms with Crippen molar-refractivity contribution in [1.29, 1.82) is 0 Å². The van der Waals surface area contributed by atoms with Crippen molar-refractivity contribution in [1.82, 2.24) is 15.3 Å². The molecule has 0 bridgehead atoms. The van der Waals surface area contributed by atoms with Crippen molar-refractivity contribution in [3.05, 3.63) is 77.4 Å². The van der Waals surface area contributed by atoms with Crippen LogP contribution in [-0.2, 0) is 11.2 Å². The Morgan fingerprint density at radius 2 is 1.71 bits per heavy atom. The van der Waals surface area contributed by atoms with Gasteiger partial charge in [-0.25, -0.2) is 9.97 Å². The zero-order valence-corrected chi connectivity index (χ0v) is 18.4. The SMILES string of the molecule is Cc1sc2ncnc(NCCCC(=O)NCCc3ccccc3)c2c1-c1ccccc1. The van der Waals surface area contributed by atoms with E-state index >= 15 is 0 Å². The van der Waals surface area contributed by atoms with Gasteiger partial charge in [-0.05, 0) is 30.9 Å². The molecule has 2 aromatic carbocycles. The van der Waals surface area contributed by atoms with Gasteiger partial charge in [0.15, 0.2) is 0 Å². The second-order valence-electron chi connectivity index (χ2n) is 7.42. The maximum absolute atomic E-state index is 12.1. The van der Waals surface area contributed by atoms with E-state index in [1.165, 1.54) is 21.6 Å². The number of amides is 1. The first-order valence-corrected chi connectivity index (χ1v) is 11.4. The molecule has 0 aliphatic carbocycles. The molecule has 4 aromatic rings. The number of thiophene rings is 1. The maximum atomic E-state index is 12.1. The molecule has 0 saturated carbocycles. The fraction of sp³-hybridized carbons (Fsp3) is 0.240. The lowest BCUT2D eigenvalue weighted by molar-refractivity contribution is -0.121. The van der Waals surface area contributed by atoms with Crippen LogP contribution in [0.25, 0.3) is 21.3 Å². The lowest BCUT2D eigenvalue weighted by Crippen LogP contribution is -2.25. The average molecular weight is 431 g/mol. The Hall–Kier alpha value is -3.25. The van der Waals surface area contributed by atoms with Gasteiger partial charge in [-0.15, -0.1) is 11.3 Å². The first-order chi connectivity index (χ1) is 15.2. The fourth-order valence-corrected chi connectivity index (χ4v) is 4.68. The van der Waals surface area contributed by atoms with Gasteiger partial charge in [0.1, 0.15) is 17.0 Å². The van der Waals surface area contributed by atoms with E-state index in [-0.39, 0.29) is 5.91 Å². The highest BCUT2D eigenvalue weighted by Gasteiger charge is 2.16. The van der Waals surface area contributed by atoms with Crippen LogP contribution >= 0.6 is 11.3 Å². The number of hydrogen-bond donors (Lipinski definition) is 2. The summed E-state index contributed by atoms with van der Waals surface area (Å²) >= 11 is 1.68. The molecule has 0 saturated heterocycles. The number of carbonyl (C=O) groups excluding carboxylic acids is 1. The number of rotatable bonds is 9. The number of anilines is 1. The quantitative estimate of drug-likeness (QED) is 0.357. The molecule has 0 atom stereocenters. The molecule has 0 spiro atoms. The van der Waals surface area contributed by atoms with Crippen LogP contribution in [0.2, 0.25) is 0 Å². The lowest BCUT2D eigenvalue weighted by atomic mass is 10.0. The van der Waals surface area contributed by atoms with Crippen molar-refractivity contribution >= 4 is 33.3 Å². The molecule has 158 valence electrons. The predicted octanol–water partition coefficient (Wildman–Crippen LogP) is 5.22. The molecule has 2 heterocycles. The summed E-state index contributed by atoms with van der Waals surface area (Å²) in [5.74, 6) is 0.916. The molecule has 6 heteroatoms. The van der Waals surface area contributed by atoms with Gasteiger partial charge >= 0.3 is 0 Å². The summed E-state index contributed by atoms with van der Waals surface area (Å²) in [7, 11) is 0. The van der Waals surface area contributed by atoms with Gasteiger partial charge in [0.25, 0.3) is 0 Å². The van der Waals surface area contributed by atoms with Crippen molar-refractivity contribution in [3.63, 3.8) is 0 Å². The Bertz CT molecular complexity index is 1140. The minimum absolute atomic E-state index is 0.0851. The van der Waals surface area contributed by atoms with Crippen LogP contribution in [0.1, 0.15) is 23.3 Å². The molecule has 1 amide bonds. The van der Waals surface area contributed by atoms with E-state index in [1.807, 2.05) is 36.4 Å². The van der Waals surface area contributed by atoms with Crippen LogP contribution in [0.15, 0.2) is 67.0 Å². The number of aryl methyl sites for hydroxylation is 1.